The third-order valence-electron chi connectivity index (χ3n) is 3.67. The van der Waals surface area contributed by atoms with Crippen molar-refractivity contribution in [2.45, 2.75) is 64.9 Å². The molecule has 1 fully saturated rings. The Balaban J connectivity index is 2.11. The fourth-order valence-corrected chi connectivity index (χ4v) is 2.62. The van der Waals surface area contributed by atoms with E-state index in [4.69, 9.17) is 4.74 Å². The average molecular weight is 298 g/mol. The van der Waals surface area contributed by atoms with E-state index < -0.39 is 11.7 Å². The third kappa shape index (κ3) is 7.93. The molecule has 0 aromatic heterocycles. The molecule has 2 amide bonds. The molecule has 1 saturated carbocycles. The van der Waals surface area contributed by atoms with E-state index in [1.165, 1.54) is 25.7 Å². The van der Waals surface area contributed by atoms with Crippen LogP contribution in [0.5, 0.6) is 0 Å². The summed E-state index contributed by atoms with van der Waals surface area (Å²) in [5.41, 5.74) is -0.485. The van der Waals surface area contributed by atoms with Gasteiger partial charge in [-0.1, -0.05) is 12.8 Å². The summed E-state index contributed by atoms with van der Waals surface area (Å²) in [4.78, 5) is 25.3. The summed E-state index contributed by atoms with van der Waals surface area (Å²) in [6.45, 7) is 6.83. The van der Waals surface area contributed by atoms with Crippen molar-refractivity contribution in [2.75, 3.05) is 20.1 Å². The smallest absolute Gasteiger partial charge is 0.407 e. The van der Waals surface area contributed by atoms with Gasteiger partial charge in [0.15, 0.2) is 0 Å². The van der Waals surface area contributed by atoms with Gasteiger partial charge in [-0.3, -0.25) is 4.79 Å². The molecule has 0 atom stereocenters. The minimum Gasteiger partial charge on any atom is -0.444 e. The van der Waals surface area contributed by atoms with Gasteiger partial charge in [0.2, 0.25) is 5.91 Å². The highest BCUT2D eigenvalue weighted by Crippen LogP contribution is 2.25. The maximum Gasteiger partial charge on any atom is 0.407 e. The van der Waals surface area contributed by atoms with Crippen LogP contribution in [0.3, 0.4) is 0 Å². The van der Waals surface area contributed by atoms with Crippen LogP contribution in [-0.4, -0.2) is 42.6 Å². The first-order valence-corrected chi connectivity index (χ1v) is 7.99. The predicted octanol–water partition coefficient (Wildman–Crippen LogP) is 2.94. The van der Waals surface area contributed by atoms with Crippen LogP contribution >= 0.6 is 0 Å². The largest absolute Gasteiger partial charge is 0.444 e. The number of carbonyl (C=O) groups is 2. The molecular weight excluding hydrogens is 268 g/mol. The molecule has 0 saturated heterocycles. The fraction of sp³-hybridized carbons (Fsp3) is 0.875. The lowest BCUT2D eigenvalue weighted by Gasteiger charge is -2.21. The van der Waals surface area contributed by atoms with Crippen LogP contribution in [0.15, 0.2) is 0 Å². The first-order chi connectivity index (χ1) is 9.78. The molecule has 0 spiro atoms. The van der Waals surface area contributed by atoms with Gasteiger partial charge in [-0.25, -0.2) is 4.79 Å². The van der Waals surface area contributed by atoms with Crippen LogP contribution in [-0.2, 0) is 9.53 Å². The maximum atomic E-state index is 12.0. The van der Waals surface area contributed by atoms with Crippen molar-refractivity contribution in [2.24, 2.45) is 5.92 Å². The molecule has 0 heterocycles. The van der Waals surface area contributed by atoms with E-state index in [9.17, 15) is 9.59 Å². The zero-order valence-corrected chi connectivity index (χ0v) is 13.9. The number of alkyl carbamates (subject to hydrolysis) is 1. The molecule has 122 valence electrons. The minimum absolute atomic E-state index is 0.160. The first-order valence-electron chi connectivity index (χ1n) is 7.99. The zero-order valence-electron chi connectivity index (χ0n) is 13.9. The monoisotopic (exact) mass is 298 g/mol. The summed E-state index contributed by atoms with van der Waals surface area (Å²) < 4.78 is 5.14. The summed E-state index contributed by atoms with van der Waals surface area (Å²) in [6, 6.07) is 0. The molecule has 1 aliphatic carbocycles. The van der Waals surface area contributed by atoms with Crippen LogP contribution in [0.25, 0.3) is 0 Å². The van der Waals surface area contributed by atoms with Crippen molar-refractivity contribution in [3.05, 3.63) is 0 Å². The molecule has 0 aliphatic heterocycles. The fourth-order valence-electron chi connectivity index (χ4n) is 2.62. The van der Waals surface area contributed by atoms with Crippen molar-refractivity contribution in [3.63, 3.8) is 0 Å². The molecule has 21 heavy (non-hydrogen) atoms. The number of nitrogens with one attached hydrogen (secondary N) is 1. The predicted molar refractivity (Wildman–Crippen MR) is 83.1 cm³/mol. The Morgan fingerprint density at radius 2 is 1.86 bits per heavy atom. The van der Waals surface area contributed by atoms with Gasteiger partial charge in [0.1, 0.15) is 5.60 Å². The topological polar surface area (TPSA) is 58.6 Å². The lowest BCUT2D eigenvalue weighted by molar-refractivity contribution is -0.130. The zero-order chi connectivity index (χ0) is 15.9. The van der Waals surface area contributed by atoms with Gasteiger partial charge >= 0.3 is 6.09 Å². The molecular formula is C16H30N2O3. The second-order valence-electron chi connectivity index (χ2n) is 6.96. The van der Waals surface area contributed by atoms with Gasteiger partial charge in [-0.2, -0.15) is 0 Å². The molecule has 1 aliphatic rings. The summed E-state index contributed by atoms with van der Waals surface area (Å²) in [5, 5.41) is 2.67. The van der Waals surface area contributed by atoms with Crippen LogP contribution < -0.4 is 5.32 Å². The van der Waals surface area contributed by atoms with E-state index in [-0.39, 0.29) is 5.91 Å². The van der Waals surface area contributed by atoms with E-state index in [1.807, 2.05) is 32.7 Å². The molecule has 0 bridgehead atoms. The third-order valence-corrected chi connectivity index (χ3v) is 3.67. The van der Waals surface area contributed by atoms with Crippen LogP contribution in [0.1, 0.15) is 59.3 Å². The second kappa shape index (κ2) is 8.25. The van der Waals surface area contributed by atoms with Gasteiger partial charge in [-0.15, -0.1) is 0 Å². The van der Waals surface area contributed by atoms with Gasteiger partial charge < -0.3 is 15.0 Å². The van der Waals surface area contributed by atoms with E-state index in [2.05, 4.69) is 5.32 Å². The number of rotatable bonds is 6. The molecule has 5 heteroatoms. The van der Waals surface area contributed by atoms with E-state index in [1.54, 1.807) is 0 Å². The van der Waals surface area contributed by atoms with Crippen molar-refractivity contribution in [3.8, 4) is 0 Å². The summed E-state index contributed by atoms with van der Waals surface area (Å²) in [6.07, 6.45) is 5.79. The van der Waals surface area contributed by atoms with Crippen molar-refractivity contribution in [1.29, 1.82) is 0 Å². The molecule has 5 nitrogen and oxygen atoms in total. The molecule has 0 unspecified atom stereocenters. The van der Waals surface area contributed by atoms with Crippen molar-refractivity contribution in [1.82, 2.24) is 10.2 Å². The van der Waals surface area contributed by atoms with Gasteiger partial charge in [0.25, 0.3) is 0 Å². The van der Waals surface area contributed by atoms with E-state index in [0.717, 1.165) is 6.54 Å². The quantitative estimate of drug-likeness (QED) is 0.767. The SMILES string of the molecule is CN(CC1CCCC1)C(=O)CCCNC(=O)OC(C)(C)C. The molecule has 0 aromatic rings. The molecule has 1 N–H and O–H groups in total. The highest BCUT2D eigenvalue weighted by Gasteiger charge is 2.19. The Hall–Kier alpha value is -1.26. The Morgan fingerprint density at radius 1 is 1.24 bits per heavy atom. The number of hydrogen-bond acceptors (Lipinski definition) is 3. The minimum atomic E-state index is -0.485. The molecule has 0 aromatic carbocycles. The standard InChI is InChI=1S/C16H30N2O3/c1-16(2,3)21-15(20)17-11-7-10-14(19)18(4)12-13-8-5-6-9-13/h13H,5-12H2,1-4H3,(H,17,20). The Morgan fingerprint density at radius 3 is 2.43 bits per heavy atom. The van der Waals surface area contributed by atoms with Crippen LogP contribution in [0.4, 0.5) is 4.79 Å². The normalized spacial score (nSPS) is 15.8. The number of carbonyl (C=O) groups excluding carboxylic acids is 2. The summed E-state index contributed by atoms with van der Waals surface area (Å²) in [5.74, 6) is 0.840. The van der Waals surface area contributed by atoms with Crippen molar-refractivity contribution >= 4 is 12.0 Å². The molecule has 1 rings (SSSR count). The highest BCUT2D eigenvalue weighted by molar-refractivity contribution is 5.76. The Bertz CT molecular complexity index is 344. The van der Waals surface area contributed by atoms with E-state index >= 15 is 0 Å². The number of hydrogen-bond donors (Lipinski definition) is 1. The van der Waals surface area contributed by atoms with Crippen molar-refractivity contribution < 1.29 is 14.3 Å². The Kier molecular flexibility index (Phi) is 6.99. The van der Waals surface area contributed by atoms with Gasteiger partial charge in [0.05, 0.1) is 0 Å². The first kappa shape index (κ1) is 17.8. The lowest BCUT2D eigenvalue weighted by Crippen LogP contribution is -2.34. The summed E-state index contributed by atoms with van der Waals surface area (Å²) in [7, 11) is 1.88. The van der Waals surface area contributed by atoms with Crippen LogP contribution in [0.2, 0.25) is 0 Å². The number of amides is 2. The maximum absolute atomic E-state index is 12.0. The second-order valence-corrected chi connectivity index (χ2v) is 6.96. The Labute approximate surface area is 128 Å². The van der Waals surface area contributed by atoms with E-state index in [0.29, 0.717) is 25.3 Å². The summed E-state index contributed by atoms with van der Waals surface area (Å²) >= 11 is 0. The van der Waals surface area contributed by atoms with Gasteiger partial charge in [-0.05, 0) is 46.0 Å². The lowest BCUT2D eigenvalue weighted by atomic mass is 10.1. The average Bonchev–Trinajstić information content (AvgIpc) is 2.84. The number of nitrogens with zero attached hydrogens (tertiary/aromatic N) is 1. The molecule has 0 radical (unpaired) electrons. The number of ether oxygens (including phenoxy) is 1. The highest BCUT2D eigenvalue weighted by atomic mass is 16.6. The van der Waals surface area contributed by atoms with Gasteiger partial charge in [0, 0.05) is 26.6 Å². The van der Waals surface area contributed by atoms with Crippen LogP contribution in [0, 0.1) is 5.92 Å².